The number of rotatable bonds is 5. The molecule has 32 heavy (non-hydrogen) atoms. The number of halogens is 1. The van der Waals surface area contributed by atoms with E-state index in [0.717, 1.165) is 22.6 Å². The molecule has 4 rings (SSSR count). The molecule has 4 aromatic rings. The van der Waals surface area contributed by atoms with Gasteiger partial charge in [-0.05, 0) is 57.2 Å². The molecule has 8 heteroatoms. The van der Waals surface area contributed by atoms with E-state index >= 15 is 0 Å². The van der Waals surface area contributed by atoms with Crippen LogP contribution in [0.25, 0.3) is 17.1 Å². The summed E-state index contributed by atoms with van der Waals surface area (Å²) in [7, 11) is 0. The average molecular weight is 431 g/mol. The van der Waals surface area contributed by atoms with Gasteiger partial charge in [-0.25, -0.2) is 14.1 Å². The van der Waals surface area contributed by atoms with Crippen molar-refractivity contribution in [3.8, 4) is 17.1 Å². The van der Waals surface area contributed by atoms with Gasteiger partial charge in [0.15, 0.2) is 0 Å². The lowest BCUT2D eigenvalue weighted by Gasteiger charge is -2.09. The van der Waals surface area contributed by atoms with E-state index in [-0.39, 0.29) is 23.7 Å². The number of aromatic amines is 1. The number of anilines is 1. The molecule has 0 aliphatic heterocycles. The summed E-state index contributed by atoms with van der Waals surface area (Å²) in [6.07, 6.45) is 0.141. The van der Waals surface area contributed by atoms with E-state index in [1.165, 1.54) is 18.2 Å². The number of hydrogen-bond acceptors (Lipinski definition) is 4. The third kappa shape index (κ3) is 4.49. The molecule has 2 N–H and O–H groups in total. The molecule has 0 aliphatic carbocycles. The van der Waals surface area contributed by atoms with Crippen LogP contribution in [0, 0.1) is 26.6 Å². The van der Waals surface area contributed by atoms with Crippen molar-refractivity contribution in [1.82, 2.24) is 19.7 Å². The minimum Gasteiger partial charge on any atom is -0.326 e. The molecule has 0 fully saturated rings. The predicted molar refractivity (Wildman–Crippen MR) is 120 cm³/mol. The number of nitrogens with one attached hydrogen (secondary N) is 2. The highest BCUT2D eigenvalue weighted by Crippen LogP contribution is 2.21. The average Bonchev–Trinajstić information content (AvgIpc) is 3.02. The lowest BCUT2D eigenvalue weighted by Crippen LogP contribution is -2.15. The normalized spacial score (nSPS) is 10.9. The highest BCUT2D eigenvalue weighted by atomic mass is 19.1. The number of nitrogens with zero attached hydrogens (tertiary/aromatic N) is 3. The first-order valence-electron chi connectivity index (χ1n) is 10.1. The summed E-state index contributed by atoms with van der Waals surface area (Å²) in [6, 6.07) is 14.6. The summed E-state index contributed by atoms with van der Waals surface area (Å²) in [5.74, 6) is -0.0712. The van der Waals surface area contributed by atoms with Gasteiger partial charge in [-0.1, -0.05) is 12.1 Å². The number of amides is 1. The smallest absolute Gasteiger partial charge is 0.251 e. The number of carbonyl (C=O) groups is 1. The lowest BCUT2D eigenvalue weighted by molar-refractivity contribution is -0.115. The second kappa shape index (κ2) is 8.58. The molecule has 2 aromatic carbocycles. The van der Waals surface area contributed by atoms with E-state index in [1.54, 1.807) is 41.9 Å². The Bertz CT molecular complexity index is 1360. The Morgan fingerprint density at radius 1 is 1.09 bits per heavy atom. The number of carbonyl (C=O) groups excluding carboxylic acids is 1. The maximum Gasteiger partial charge on any atom is 0.251 e. The molecule has 0 radical (unpaired) electrons. The largest absolute Gasteiger partial charge is 0.326 e. The van der Waals surface area contributed by atoms with E-state index in [2.05, 4.69) is 20.4 Å². The molecule has 0 atom stereocenters. The number of H-pyrrole nitrogens is 1. The molecule has 0 saturated heterocycles. The van der Waals surface area contributed by atoms with Gasteiger partial charge in [0.25, 0.3) is 5.56 Å². The van der Waals surface area contributed by atoms with Crippen molar-refractivity contribution in [2.45, 2.75) is 27.2 Å². The third-order valence-electron chi connectivity index (χ3n) is 5.14. The van der Waals surface area contributed by atoms with Gasteiger partial charge in [-0.15, -0.1) is 0 Å². The second-order valence-corrected chi connectivity index (χ2v) is 7.58. The Labute approximate surface area is 184 Å². The first-order valence-corrected chi connectivity index (χ1v) is 10.1. The van der Waals surface area contributed by atoms with Crippen molar-refractivity contribution in [2.24, 2.45) is 0 Å². The fourth-order valence-electron chi connectivity index (χ4n) is 3.59. The standard InChI is InChI=1S/C24H22FN5O2/c1-14-11-22(31)28-24(26-14)17-5-4-6-19(12-17)27-23(32)13-21-15(2)29-30(16(21)3)20-9-7-18(25)8-10-20/h4-12H,13H2,1-3H3,(H,27,32)(H,26,28,31). The molecule has 2 aromatic heterocycles. The van der Waals surface area contributed by atoms with E-state index in [9.17, 15) is 14.0 Å². The molecular weight excluding hydrogens is 409 g/mol. The molecule has 1 amide bonds. The van der Waals surface area contributed by atoms with Gasteiger partial charge >= 0.3 is 0 Å². The van der Waals surface area contributed by atoms with Crippen LogP contribution in [0.15, 0.2) is 59.4 Å². The van der Waals surface area contributed by atoms with Crippen LogP contribution in [-0.2, 0) is 11.2 Å². The Hall–Kier alpha value is -4.07. The Morgan fingerprint density at radius 3 is 2.56 bits per heavy atom. The van der Waals surface area contributed by atoms with E-state index in [0.29, 0.717) is 22.8 Å². The maximum absolute atomic E-state index is 13.2. The monoisotopic (exact) mass is 431 g/mol. The van der Waals surface area contributed by atoms with Gasteiger partial charge in [0, 0.05) is 34.3 Å². The quantitative estimate of drug-likeness (QED) is 0.502. The summed E-state index contributed by atoms with van der Waals surface area (Å²) in [6.45, 7) is 5.48. The molecule has 2 heterocycles. The van der Waals surface area contributed by atoms with Gasteiger partial charge < -0.3 is 10.3 Å². The van der Waals surface area contributed by atoms with Crippen molar-refractivity contribution >= 4 is 11.6 Å². The number of hydrogen-bond donors (Lipinski definition) is 2. The van der Waals surface area contributed by atoms with Crippen molar-refractivity contribution < 1.29 is 9.18 Å². The zero-order valence-corrected chi connectivity index (χ0v) is 17.9. The highest BCUT2D eigenvalue weighted by Gasteiger charge is 2.16. The van der Waals surface area contributed by atoms with Gasteiger partial charge in [0.05, 0.1) is 17.8 Å². The van der Waals surface area contributed by atoms with Crippen molar-refractivity contribution in [3.63, 3.8) is 0 Å². The SMILES string of the molecule is Cc1cc(=O)[nH]c(-c2cccc(NC(=O)Cc3c(C)nn(-c4ccc(F)cc4)c3C)c2)n1. The number of aromatic nitrogens is 4. The van der Waals surface area contributed by atoms with Crippen LogP contribution in [0.3, 0.4) is 0 Å². The van der Waals surface area contributed by atoms with Crippen LogP contribution in [0.1, 0.15) is 22.6 Å². The summed E-state index contributed by atoms with van der Waals surface area (Å²) in [5.41, 5.74) is 4.77. The Kier molecular flexibility index (Phi) is 5.68. The lowest BCUT2D eigenvalue weighted by atomic mass is 10.1. The van der Waals surface area contributed by atoms with Gasteiger partial charge in [0.1, 0.15) is 11.6 Å². The number of aryl methyl sites for hydroxylation is 2. The minimum atomic E-state index is -0.318. The molecule has 0 saturated carbocycles. The van der Waals surface area contributed by atoms with Crippen LogP contribution in [-0.4, -0.2) is 25.7 Å². The van der Waals surface area contributed by atoms with Crippen molar-refractivity contribution in [3.05, 3.63) is 93.4 Å². The van der Waals surface area contributed by atoms with Crippen LogP contribution in [0.5, 0.6) is 0 Å². The molecule has 162 valence electrons. The fourth-order valence-corrected chi connectivity index (χ4v) is 3.59. The zero-order chi connectivity index (χ0) is 22.8. The summed E-state index contributed by atoms with van der Waals surface area (Å²) < 4.78 is 14.9. The first kappa shape index (κ1) is 21.2. The van der Waals surface area contributed by atoms with Crippen molar-refractivity contribution in [2.75, 3.05) is 5.32 Å². The van der Waals surface area contributed by atoms with E-state index in [1.807, 2.05) is 19.9 Å². The van der Waals surface area contributed by atoms with Crippen LogP contribution in [0.2, 0.25) is 0 Å². The van der Waals surface area contributed by atoms with Crippen LogP contribution < -0.4 is 10.9 Å². The second-order valence-electron chi connectivity index (χ2n) is 7.58. The predicted octanol–water partition coefficient (Wildman–Crippen LogP) is 3.87. The van der Waals surface area contributed by atoms with Gasteiger partial charge in [-0.2, -0.15) is 5.10 Å². The molecule has 0 spiro atoms. The van der Waals surface area contributed by atoms with Crippen LogP contribution in [0.4, 0.5) is 10.1 Å². The van der Waals surface area contributed by atoms with E-state index < -0.39 is 0 Å². The van der Waals surface area contributed by atoms with Gasteiger partial charge in [0.2, 0.25) is 5.91 Å². The molecule has 0 bridgehead atoms. The van der Waals surface area contributed by atoms with Gasteiger partial charge in [-0.3, -0.25) is 9.59 Å². The minimum absolute atomic E-state index is 0.141. The van der Waals surface area contributed by atoms with Crippen molar-refractivity contribution in [1.29, 1.82) is 0 Å². The molecule has 0 unspecified atom stereocenters. The molecule has 7 nitrogen and oxygen atoms in total. The zero-order valence-electron chi connectivity index (χ0n) is 17.9. The topological polar surface area (TPSA) is 92.7 Å². The highest BCUT2D eigenvalue weighted by molar-refractivity contribution is 5.93. The van der Waals surface area contributed by atoms with E-state index in [4.69, 9.17) is 0 Å². The Balaban J connectivity index is 1.53. The number of benzene rings is 2. The fraction of sp³-hybridized carbons (Fsp3) is 0.167. The summed E-state index contributed by atoms with van der Waals surface area (Å²) in [5, 5.41) is 7.41. The summed E-state index contributed by atoms with van der Waals surface area (Å²) in [4.78, 5) is 31.6. The third-order valence-corrected chi connectivity index (χ3v) is 5.14. The Morgan fingerprint density at radius 2 is 1.84 bits per heavy atom. The summed E-state index contributed by atoms with van der Waals surface area (Å²) >= 11 is 0. The van der Waals surface area contributed by atoms with Crippen LogP contribution >= 0.6 is 0 Å². The first-order chi connectivity index (χ1) is 15.3. The molecular formula is C24H22FN5O2. The molecule has 0 aliphatic rings. The maximum atomic E-state index is 13.2.